The number of nitrogens with one attached hydrogen (secondary N) is 1. The minimum atomic E-state index is -1.15. The zero-order valence-corrected chi connectivity index (χ0v) is 13.9. The Morgan fingerprint density at radius 3 is 2.79 bits per heavy atom. The Kier molecular flexibility index (Phi) is 4.84. The lowest BCUT2D eigenvalue weighted by molar-refractivity contribution is -0.157. The molecule has 1 heterocycles. The van der Waals surface area contributed by atoms with E-state index in [1.807, 2.05) is 6.92 Å². The second kappa shape index (κ2) is 6.88. The summed E-state index contributed by atoms with van der Waals surface area (Å²) in [6, 6.07) is 0.129. The van der Waals surface area contributed by atoms with Crippen LogP contribution in [-0.2, 0) is 16.1 Å². The molecule has 24 heavy (non-hydrogen) atoms. The summed E-state index contributed by atoms with van der Waals surface area (Å²) in [5, 5.41) is 19.1. The minimum Gasteiger partial charge on any atom is -0.476 e. The number of hydrogen-bond acceptors (Lipinski definition) is 5. The Bertz CT molecular complexity index is 609. The molecule has 1 amide bonds. The van der Waals surface area contributed by atoms with E-state index < -0.39 is 5.97 Å². The lowest BCUT2D eigenvalue weighted by Crippen LogP contribution is -2.65. The molecule has 0 saturated heterocycles. The predicted molar refractivity (Wildman–Crippen MR) is 84.5 cm³/mol. The highest BCUT2D eigenvalue weighted by Gasteiger charge is 2.56. The quantitative estimate of drug-likeness (QED) is 0.809. The Morgan fingerprint density at radius 2 is 2.17 bits per heavy atom. The van der Waals surface area contributed by atoms with Crippen LogP contribution < -0.4 is 5.32 Å². The fourth-order valence-electron chi connectivity index (χ4n) is 4.13. The van der Waals surface area contributed by atoms with Crippen LogP contribution in [0.3, 0.4) is 0 Å². The molecule has 1 aromatic heterocycles. The van der Waals surface area contributed by atoms with Crippen LogP contribution in [0.2, 0.25) is 0 Å². The van der Waals surface area contributed by atoms with Crippen molar-refractivity contribution in [3.63, 3.8) is 0 Å². The molecule has 2 saturated carbocycles. The average Bonchev–Trinajstić information content (AvgIpc) is 3.03. The van der Waals surface area contributed by atoms with Crippen LogP contribution >= 0.6 is 0 Å². The topological polar surface area (TPSA) is 106 Å². The Morgan fingerprint density at radius 1 is 1.42 bits per heavy atom. The summed E-state index contributed by atoms with van der Waals surface area (Å²) in [7, 11) is 0. The fourth-order valence-corrected chi connectivity index (χ4v) is 4.13. The van der Waals surface area contributed by atoms with Crippen molar-refractivity contribution >= 4 is 11.9 Å². The highest BCUT2D eigenvalue weighted by atomic mass is 16.5. The molecule has 1 aromatic rings. The summed E-state index contributed by atoms with van der Waals surface area (Å²) < 4.78 is 7.14. The van der Waals surface area contributed by atoms with Crippen LogP contribution in [0.25, 0.3) is 0 Å². The number of carboxylic acid groups (broad SMARTS) is 1. The van der Waals surface area contributed by atoms with Gasteiger partial charge in [0.2, 0.25) is 5.91 Å². The number of carbonyl (C=O) groups excluding carboxylic acids is 1. The van der Waals surface area contributed by atoms with Crippen LogP contribution in [0.1, 0.15) is 55.9 Å². The summed E-state index contributed by atoms with van der Waals surface area (Å²) in [4.78, 5) is 23.1. The first-order chi connectivity index (χ1) is 11.5. The van der Waals surface area contributed by atoms with Crippen LogP contribution in [-0.4, -0.2) is 50.7 Å². The van der Waals surface area contributed by atoms with Gasteiger partial charge in [0.15, 0.2) is 5.69 Å². The average molecular weight is 336 g/mol. The molecule has 8 nitrogen and oxygen atoms in total. The third kappa shape index (κ3) is 3.15. The highest BCUT2D eigenvalue weighted by molar-refractivity contribution is 5.84. The van der Waals surface area contributed by atoms with Crippen molar-refractivity contribution in [1.82, 2.24) is 20.3 Å². The molecule has 1 spiro atoms. The second-order valence-corrected chi connectivity index (χ2v) is 6.70. The van der Waals surface area contributed by atoms with E-state index in [1.54, 1.807) is 0 Å². The molecule has 8 heteroatoms. The third-order valence-electron chi connectivity index (χ3n) is 5.34. The maximum atomic E-state index is 12.3. The molecular weight excluding hydrogens is 312 g/mol. The zero-order valence-electron chi connectivity index (χ0n) is 13.9. The van der Waals surface area contributed by atoms with Crippen molar-refractivity contribution in [2.24, 2.45) is 5.41 Å². The summed E-state index contributed by atoms with van der Waals surface area (Å²) in [6.45, 7) is 2.68. The number of carbonyl (C=O) groups is 2. The number of amides is 1. The number of ether oxygens (including phenoxy) is 1. The standard InChI is InChI=1S/C16H24N4O4/c1-2-24-13-8-12(16(13)6-4-3-5-7-16)17-14(21)10-20-9-11(15(22)23)18-19-20/h9,12-13H,2-8,10H2,1H3,(H,17,21)(H,22,23). The number of rotatable bonds is 6. The minimum absolute atomic E-state index is 0.0217. The second-order valence-electron chi connectivity index (χ2n) is 6.70. The molecule has 2 fully saturated rings. The number of nitrogens with zero attached hydrogens (tertiary/aromatic N) is 3. The van der Waals surface area contributed by atoms with Gasteiger partial charge in [-0.2, -0.15) is 0 Å². The highest BCUT2D eigenvalue weighted by Crippen LogP contribution is 2.53. The van der Waals surface area contributed by atoms with Gasteiger partial charge >= 0.3 is 5.97 Å². The molecule has 132 valence electrons. The van der Waals surface area contributed by atoms with Crippen molar-refractivity contribution in [3.05, 3.63) is 11.9 Å². The molecule has 0 aromatic carbocycles. The van der Waals surface area contributed by atoms with Crippen molar-refractivity contribution in [3.8, 4) is 0 Å². The number of carboxylic acids is 1. The van der Waals surface area contributed by atoms with Gasteiger partial charge < -0.3 is 15.2 Å². The summed E-state index contributed by atoms with van der Waals surface area (Å²) in [5.41, 5.74) is -0.0926. The first-order valence-electron chi connectivity index (χ1n) is 8.59. The Hall–Kier alpha value is -1.96. The Labute approximate surface area is 140 Å². The molecular formula is C16H24N4O4. The lowest BCUT2D eigenvalue weighted by Gasteiger charge is -2.57. The van der Waals surface area contributed by atoms with Crippen LogP contribution in [0.5, 0.6) is 0 Å². The van der Waals surface area contributed by atoms with Gasteiger partial charge in [-0.25, -0.2) is 9.48 Å². The van der Waals surface area contributed by atoms with Gasteiger partial charge in [0.1, 0.15) is 6.54 Å². The van der Waals surface area contributed by atoms with Gasteiger partial charge in [-0.3, -0.25) is 4.79 Å². The van der Waals surface area contributed by atoms with Gasteiger partial charge in [0.05, 0.1) is 12.3 Å². The van der Waals surface area contributed by atoms with Gasteiger partial charge in [-0.05, 0) is 26.2 Å². The monoisotopic (exact) mass is 336 g/mol. The zero-order chi connectivity index (χ0) is 17.2. The van der Waals surface area contributed by atoms with Gasteiger partial charge in [-0.15, -0.1) is 5.10 Å². The molecule has 2 aliphatic rings. The number of aromatic nitrogens is 3. The first kappa shape index (κ1) is 16.9. The van der Waals surface area contributed by atoms with E-state index in [0.717, 1.165) is 19.3 Å². The van der Waals surface area contributed by atoms with E-state index in [9.17, 15) is 9.59 Å². The van der Waals surface area contributed by atoms with Crippen LogP contribution in [0, 0.1) is 5.41 Å². The molecule has 2 atom stereocenters. The molecule has 0 bridgehead atoms. The number of aromatic carboxylic acids is 1. The van der Waals surface area contributed by atoms with E-state index in [1.165, 1.54) is 30.1 Å². The van der Waals surface area contributed by atoms with Crippen molar-refractivity contribution in [2.75, 3.05) is 6.61 Å². The molecule has 3 rings (SSSR count). The van der Waals surface area contributed by atoms with Gasteiger partial charge in [0.25, 0.3) is 0 Å². The normalized spacial score (nSPS) is 25.2. The van der Waals surface area contributed by atoms with Crippen molar-refractivity contribution < 1.29 is 19.4 Å². The van der Waals surface area contributed by atoms with E-state index in [2.05, 4.69) is 15.6 Å². The third-order valence-corrected chi connectivity index (χ3v) is 5.34. The first-order valence-corrected chi connectivity index (χ1v) is 8.59. The van der Waals surface area contributed by atoms with Gasteiger partial charge in [-0.1, -0.05) is 24.5 Å². The van der Waals surface area contributed by atoms with Crippen LogP contribution in [0.4, 0.5) is 0 Å². The molecule has 0 radical (unpaired) electrons. The summed E-state index contributed by atoms with van der Waals surface area (Å²) in [6.07, 6.45) is 8.14. The molecule has 2 aliphatic carbocycles. The summed E-state index contributed by atoms with van der Waals surface area (Å²) in [5.74, 6) is -1.32. The molecule has 2 N–H and O–H groups in total. The SMILES string of the molecule is CCOC1CC(NC(=O)Cn2cc(C(=O)O)nn2)C12CCCCC2. The largest absolute Gasteiger partial charge is 0.476 e. The van der Waals surface area contributed by atoms with E-state index in [-0.39, 0.29) is 35.7 Å². The van der Waals surface area contributed by atoms with E-state index in [4.69, 9.17) is 9.84 Å². The lowest BCUT2D eigenvalue weighted by atomic mass is 9.55. The van der Waals surface area contributed by atoms with Crippen molar-refractivity contribution in [1.29, 1.82) is 0 Å². The maximum absolute atomic E-state index is 12.3. The van der Waals surface area contributed by atoms with Crippen LogP contribution in [0.15, 0.2) is 6.20 Å². The van der Waals surface area contributed by atoms with Gasteiger partial charge in [0, 0.05) is 18.1 Å². The fraction of sp³-hybridized carbons (Fsp3) is 0.750. The summed E-state index contributed by atoms with van der Waals surface area (Å²) >= 11 is 0. The molecule has 2 unspecified atom stereocenters. The predicted octanol–water partition coefficient (Wildman–Crippen LogP) is 1.22. The molecule has 0 aliphatic heterocycles. The van der Waals surface area contributed by atoms with Crippen molar-refractivity contribution in [2.45, 2.75) is 64.1 Å². The smallest absolute Gasteiger partial charge is 0.358 e. The Balaban J connectivity index is 1.60. The maximum Gasteiger partial charge on any atom is 0.358 e. The van der Waals surface area contributed by atoms with E-state index >= 15 is 0 Å². The van der Waals surface area contributed by atoms with E-state index in [0.29, 0.717) is 6.61 Å². The number of hydrogen-bond donors (Lipinski definition) is 2.